The molecule has 0 aliphatic carbocycles. The second kappa shape index (κ2) is 6.82. The third kappa shape index (κ3) is 3.23. The molecule has 2 heterocycles. The summed E-state index contributed by atoms with van der Waals surface area (Å²) < 4.78 is 24.8. The van der Waals surface area contributed by atoms with Gasteiger partial charge in [0, 0.05) is 30.8 Å². The largest absolute Gasteiger partial charge is 0.467 e. The Labute approximate surface area is 145 Å². The summed E-state index contributed by atoms with van der Waals surface area (Å²) >= 11 is 0. The number of hydrogen-bond acceptors (Lipinski definition) is 4. The van der Waals surface area contributed by atoms with Crippen molar-refractivity contribution >= 4 is 5.91 Å². The first kappa shape index (κ1) is 16.1. The standard InChI is InChI=1S/C19H19FN2O3/c20-16-8-14(18-15(9-16)11-24-12-25-18)10-22-7-6-21-19(23)17(22)13-4-2-1-3-5-13/h1-5,8-9,17H,6-7,10-12H2,(H,21,23). The number of halogens is 1. The van der Waals surface area contributed by atoms with E-state index >= 15 is 0 Å². The zero-order chi connectivity index (χ0) is 17.2. The van der Waals surface area contributed by atoms with Crippen molar-refractivity contribution in [3.05, 3.63) is 65.0 Å². The highest BCUT2D eigenvalue weighted by Crippen LogP contribution is 2.33. The van der Waals surface area contributed by atoms with Crippen LogP contribution in [0.5, 0.6) is 5.75 Å². The number of nitrogens with one attached hydrogen (secondary N) is 1. The molecular weight excluding hydrogens is 323 g/mol. The number of fused-ring (bicyclic) bond motifs is 1. The summed E-state index contributed by atoms with van der Waals surface area (Å²) in [7, 11) is 0. The molecule has 1 amide bonds. The van der Waals surface area contributed by atoms with Crippen LogP contribution in [0.1, 0.15) is 22.7 Å². The van der Waals surface area contributed by atoms with Gasteiger partial charge in [0.25, 0.3) is 0 Å². The fourth-order valence-electron chi connectivity index (χ4n) is 3.48. The topological polar surface area (TPSA) is 50.8 Å². The van der Waals surface area contributed by atoms with E-state index in [9.17, 15) is 9.18 Å². The number of nitrogens with zero attached hydrogens (tertiary/aromatic N) is 1. The van der Waals surface area contributed by atoms with Crippen LogP contribution in [0.4, 0.5) is 4.39 Å². The van der Waals surface area contributed by atoms with Crippen molar-refractivity contribution in [1.29, 1.82) is 0 Å². The number of carbonyl (C=O) groups excluding carboxylic acids is 1. The maximum Gasteiger partial charge on any atom is 0.242 e. The van der Waals surface area contributed by atoms with Crippen LogP contribution in [0.25, 0.3) is 0 Å². The predicted molar refractivity (Wildman–Crippen MR) is 89.3 cm³/mol. The Bertz CT molecular complexity index is 782. The Morgan fingerprint density at radius 2 is 2.08 bits per heavy atom. The van der Waals surface area contributed by atoms with E-state index in [1.54, 1.807) is 0 Å². The zero-order valence-electron chi connectivity index (χ0n) is 13.7. The highest BCUT2D eigenvalue weighted by atomic mass is 19.1. The molecule has 0 aromatic heterocycles. The molecular formula is C19H19FN2O3. The summed E-state index contributed by atoms with van der Waals surface area (Å²) in [5.41, 5.74) is 2.38. The molecule has 1 atom stereocenters. The molecule has 2 aromatic carbocycles. The molecule has 1 saturated heterocycles. The quantitative estimate of drug-likeness (QED) is 0.930. The lowest BCUT2D eigenvalue weighted by atomic mass is 10.0. The molecule has 25 heavy (non-hydrogen) atoms. The van der Waals surface area contributed by atoms with Crippen LogP contribution in [-0.4, -0.2) is 30.7 Å². The van der Waals surface area contributed by atoms with Gasteiger partial charge in [-0.15, -0.1) is 0 Å². The van der Waals surface area contributed by atoms with E-state index in [1.807, 2.05) is 30.3 Å². The predicted octanol–water partition coefficient (Wildman–Crippen LogP) is 2.37. The highest BCUT2D eigenvalue weighted by Gasteiger charge is 2.32. The maximum absolute atomic E-state index is 14.0. The molecule has 2 aromatic rings. The molecule has 0 saturated carbocycles. The summed E-state index contributed by atoms with van der Waals surface area (Å²) in [6, 6.07) is 12.2. The Kier molecular flexibility index (Phi) is 4.38. The first-order valence-corrected chi connectivity index (χ1v) is 8.31. The minimum Gasteiger partial charge on any atom is -0.467 e. The molecule has 4 rings (SSSR count). The van der Waals surface area contributed by atoms with Gasteiger partial charge in [0.05, 0.1) is 6.61 Å². The number of hydrogen-bond donors (Lipinski definition) is 1. The van der Waals surface area contributed by atoms with Gasteiger partial charge >= 0.3 is 0 Å². The first-order valence-electron chi connectivity index (χ1n) is 8.31. The third-order valence-electron chi connectivity index (χ3n) is 4.55. The molecule has 5 nitrogen and oxygen atoms in total. The number of benzene rings is 2. The van der Waals surface area contributed by atoms with Gasteiger partial charge in [-0.1, -0.05) is 30.3 Å². The third-order valence-corrected chi connectivity index (χ3v) is 4.55. The average Bonchev–Trinajstić information content (AvgIpc) is 2.62. The van der Waals surface area contributed by atoms with Crippen molar-refractivity contribution in [2.45, 2.75) is 19.2 Å². The molecule has 0 radical (unpaired) electrons. The summed E-state index contributed by atoms with van der Waals surface area (Å²) in [5, 5.41) is 2.91. The van der Waals surface area contributed by atoms with Gasteiger partial charge in [-0.3, -0.25) is 9.69 Å². The fourth-order valence-corrected chi connectivity index (χ4v) is 3.48. The van der Waals surface area contributed by atoms with Gasteiger partial charge < -0.3 is 14.8 Å². The van der Waals surface area contributed by atoms with Crippen molar-refractivity contribution in [3.63, 3.8) is 0 Å². The Morgan fingerprint density at radius 1 is 1.24 bits per heavy atom. The first-order chi connectivity index (χ1) is 12.2. The molecule has 1 fully saturated rings. The lowest BCUT2D eigenvalue weighted by Crippen LogP contribution is -2.49. The zero-order valence-corrected chi connectivity index (χ0v) is 13.7. The molecule has 6 heteroatoms. The van der Waals surface area contributed by atoms with Crippen LogP contribution in [0, 0.1) is 5.82 Å². The number of carbonyl (C=O) groups is 1. The van der Waals surface area contributed by atoms with Crippen LogP contribution < -0.4 is 10.1 Å². The molecule has 2 aliphatic heterocycles. The van der Waals surface area contributed by atoms with Gasteiger partial charge in [-0.25, -0.2) is 4.39 Å². The van der Waals surface area contributed by atoms with Crippen molar-refractivity contribution < 1.29 is 18.7 Å². The van der Waals surface area contributed by atoms with Crippen LogP contribution in [0.3, 0.4) is 0 Å². The van der Waals surface area contributed by atoms with Gasteiger partial charge in [-0.05, 0) is 17.7 Å². The van der Waals surface area contributed by atoms with E-state index in [0.717, 1.165) is 11.1 Å². The smallest absolute Gasteiger partial charge is 0.242 e. The van der Waals surface area contributed by atoms with E-state index in [1.165, 1.54) is 12.1 Å². The highest BCUT2D eigenvalue weighted by molar-refractivity contribution is 5.83. The minimum absolute atomic E-state index is 0.0352. The fraction of sp³-hybridized carbons (Fsp3) is 0.316. The molecule has 1 unspecified atom stereocenters. The van der Waals surface area contributed by atoms with Crippen LogP contribution in [0.2, 0.25) is 0 Å². The normalized spacial score (nSPS) is 20.5. The minimum atomic E-state index is -0.395. The Hall–Kier alpha value is -2.44. The van der Waals surface area contributed by atoms with E-state index < -0.39 is 6.04 Å². The molecule has 0 spiro atoms. The number of amides is 1. The van der Waals surface area contributed by atoms with E-state index in [0.29, 0.717) is 37.6 Å². The number of rotatable bonds is 3. The summed E-state index contributed by atoms with van der Waals surface area (Å²) in [6.07, 6.45) is 0. The summed E-state index contributed by atoms with van der Waals surface area (Å²) in [5.74, 6) is 0.318. The SMILES string of the molecule is O=C1NCCN(Cc2cc(F)cc3c2OCOC3)C1c1ccccc1. The lowest BCUT2D eigenvalue weighted by molar-refractivity contribution is -0.129. The molecule has 1 N–H and O–H groups in total. The summed E-state index contributed by atoms with van der Waals surface area (Å²) in [4.78, 5) is 14.5. The maximum atomic E-state index is 14.0. The van der Waals surface area contributed by atoms with Gasteiger partial charge in [0.2, 0.25) is 5.91 Å². The summed E-state index contributed by atoms with van der Waals surface area (Å²) in [6.45, 7) is 2.20. The lowest BCUT2D eigenvalue weighted by Gasteiger charge is -2.36. The van der Waals surface area contributed by atoms with Gasteiger partial charge in [-0.2, -0.15) is 0 Å². The molecule has 2 aliphatic rings. The Balaban J connectivity index is 1.67. The van der Waals surface area contributed by atoms with Crippen LogP contribution in [-0.2, 0) is 22.7 Å². The second-order valence-corrected chi connectivity index (χ2v) is 6.24. The average molecular weight is 342 g/mol. The van der Waals surface area contributed by atoms with Gasteiger partial charge in [0.15, 0.2) is 6.79 Å². The monoisotopic (exact) mass is 342 g/mol. The molecule has 130 valence electrons. The van der Waals surface area contributed by atoms with Crippen molar-refractivity contribution in [2.75, 3.05) is 19.9 Å². The molecule has 0 bridgehead atoms. The van der Waals surface area contributed by atoms with Crippen molar-refractivity contribution in [2.24, 2.45) is 0 Å². The number of piperazine rings is 1. The number of ether oxygens (including phenoxy) is 2. The van der Waals surface area contributed by atoms with E-state index in [2.05, 4.69) is 10.2 Å². The van der Waals surface area contributed by atoms with Gasteiger partial charge in [0.1, 0.15) is 17.6 Å². The second-order valence-electron chi connectivity index (χ2n) is 6.24. The van der Waals surface area contributed by atoms with E-state index in [4.69, 9.17) is 9.47 Å². The van der Waals surface area contributed by atoms with Crippen LogP contribution in [0.15, 0.2) is 42.5 Å². The van der Waals surface area contributed by atoms with E-state index in [-0.39, 0.29) is 18.5 Å². The van der Waals surface area contributed by atoms with Crippen molar-refractivity contribution in [1.82, 2.24) is 10.2 Å². The van der Waals surface area contributed by atoms with Crippen LogP contribution >= 0.6 is 0 Å². The Morgan fingerprint density at radius 3 is 2.92 bits per heavy atom. The van der Waals surface area contributed by atoms with Crippen molar-refractivity contribution in [3.8, 4) is 5.75 Å².